The second-order valence-corrected chi connectivity index (χ2v) is 2.99. The predicted molar refractivity (Wildman–Crippen MR) is 73.9 cm³/mol. The molecular weight excluding hydrogens is 212 g/mol. The maximum Gasteiger partial charge on any atom is 0.163 e. The van der Waals surface area contributed by atoms with Gasteiger partial charge in [0.15, 0.2) is 12.1 Å². The summed E-state index contributed by atoms with van der Waals surface area (Å²) >= 11 is 0. The maximum atomic E-state index is 11.4. The molecule has 0 radical (unpaired) electrons. The van der Waals surface area contributed by atoms with Crippen molar-refractivity contribution in [2.75, 3.05) is 0 Å². The first-order chi connectivity index (χ1) is 8.19. The van der Waals surface area contributed by atoms with Crippen molar-refractivity contribution in [2.45, 2.75) is 48.0 Å². The molecule has 1 aromatic rings. The van der Waals surface area contributed by atoms with Crippen molar-refractivity contribution in [3.63, 3.8) is 0 Å². The van der Waals surface area contributed by atoms with Crippen LogP contribution in [0, 0.1) is 6.92 Å². The van der Waals surface area contributed by atoms with Gasteiger partial charge in [0.1, 0.15) is 0 Å². The molecule has 0 atom stereocenters. The molecule has 0 aliphatic rings. The first kappa shape index (κ1) is 17.9. The molecule has 0 aromatic heterocycles. The van der Waals surface area contributed by atoms with Gasteiger partial charge in [0.2, 0.25) is 0 Å². The average molecular weight is 236 g/mol. The van der Waals surface area contributed by atoms with Crippen molar-refractivity contribution in [1.29, 1.82) is 0 Å². The van der Waals surface area contributed by atoms with Crippen molar-refractivity contribution in [1.82, 2.24) is 0 Å². The van der Waals surface area contributed by atoms with E-state index < -0.39 is 0 Å². The van der Waals surface area contributed by atoms with Crippen molar-refractivity contribution in [3.05, 3.63) is 34.9 Å². The molecule has 1 rings (SSSR count). The highest BCUT2D eigenvalue weighted by molar-refractivity contribution is 6.02. The lowest BCUT2D eigenvalue weighted by Crippen LogP contribution is -2.02. The van der Waals surface area contributed by atoms with Crippen LogP contribution in [0.2, 0.25) is 0 Å². The van der Waals surface area contributed by atoms with Crippen LogP contribution >= 0.6 is 0 Å². The molecule has 0 fully saturated rings. The van der Waals surface area contributed by atoms with E-state index in [9.17, 15) is 9.59 Å². The molecular formula is C15H24O2. The van der Waals surface area contributed by atoms with Gasteiger partial charge in [0.05, 0.1) is 0 Å². The van der Waals surface area contributed by atoms with E-state index in [4.69, 9.17) is 0 Å². The number of hydrogen-bond acceptors (Lipinski definition) is 2. The minimum Gasteiger partial charge on any atom is -0.298 e. The van der Waals surface area contributed by atoms with Crippen molar-refractivity contribution in [3.8, 4) is 0 Å². The zero-order chi connectivity index (χ0) is 13.8. The normalized spacial score (nSPS) is 8.12. The van der Waals surface area contributed by atoms with Gasteiger partial charge in [-0.05, 0) is 13.0 Å². The number of carbonyl (C=O) groups is 2. The molecule has 17 heavy (non-hydrogen) atoms. The Morgan fingerprint density at radius 1 is 1.18 bits per heavy atom. The molecule has 0 N–H and O–H groups in total. The number of aldehydes is 1. The van der Waals surface area contributed by atoms with Crippen LogP contribution in [0.3, 0.4) is 0 Å². The second kappa shape index (κ2) is 11.1. The second-order valence-electron chi connectivity index (χ2n) is 2.99. The summed E-state index contributed by atoms with van der Waals surface area (Å²) in [7, 11) is 0. The zero-order valence-corrected chi connectivity index (χ0v) is 11.8. The summed E-state index contributed by atoms with van der Waals surface area (Å²) < 4.78 is 0. The van der Waals surface area contributed by atoms with Gasteiger partial charge in [-0.1, -0.05) is 52.3 Å². The summed E-state index contributed by atoms with van der Waals surface area (Å²) in [6.07, 6.45) is 1.16. The smallest absolute Gasteiger partial charge is 0.163 e. The van der Waals surface area contributed by atoms with Gasteiger partial charge in [0.25, 0.3) is 0 Å². The standard InChI is InChI=1S/C11H12O2.2C2H6/c1-3-11(13)10-6-8(2)4-5-9(10)7-12;2*1-2/h4-7H,3H2,1-2H3;2*1-2H3. The molecule has 0 aliphatic heterocycles. The quantitative estimate of drug-likeness (QED) is 0.574. The van der Waals surface area contributed by atoms with Crippen LogP contribution < -0.4 is 0 Å². The molecule has 0 aliphatic carbocycles. The predicted octanol–water partition coefficient (Wildman–Crippen LogP) is 4.45. The number of benzene rings is 1. The van der Waals surface area contributed by atoms with E-state index in [1.165, 1.54) is 0 Å². The monoisotopic (exact) mass is 236 g/mol. The molecule has 0 bridgehead atoms. The summed E-state index contributed by atoms with van der Waals surface area (Å²) in [5, 5.41) is 0. The SMILES string of the molecule is CC.CC.CCC(=O)c1cc(C)ccc1C=O. The van der Waals surface area contributed by atoms with Crippen LogP contribution in [-0.4, -0.2) is 12.1 Å². The Morgan fingerprint density at radius 2 is 1.71 bits per heavy atom. The molecule has 96 valence electrons. The third-order valence-corrected chi connectivity index (χ3v) is 1.96. The van der Waals surface area contributed by atoms with Gasteiger partial charge in [-0.3, -0.25) is 9.59 Å². The zero-order valence-electron chi connectivity index (χ0n) is 11.8. The topological polar surface area (TPSA) is 34.1 Å². The highest BCUT2D eigenvalue weighted by Gasteiger charge is 2.08. The molecule has 2 heteroatoms. The average Bonchev–Trinajstić information content (AvgIpc) is 2.42. The lowest BCUT2D eigenvalue weighted by Gasteiger charge is -2.02. The fourth-order valence-corrected chi connectivity index (χ4v) is 1.20. The summed E-state index contributed by atoms with van der Waals surface area (Å²) in [5.74, 6) is 0.0193. The molecule has 1 aromatic carbocycles. The van der Waals surface area contributed by atoms with Crippen LogP contribution in [-0.2, 0) is 0 Å². The molecule has 0 spiro atoms. The summed E-state index contributed by atoms with van der Waals surface area (Å²) in [4.78, 5) is 22.0. The Labute approximate surface area is 105 Å². The van der Waals surface area contributed by atoms with Crippen molar-refractivity contribution < 1.29 is 9.59 Å². The number of rotatable bonds is 3. The van der Waals surface area contributed by atoms with Gasteiger partial charge in [-0.25, -0.2) is 0 Å². The van der Waals surface area contributed by atoms with E-state index in [-0.39, 0.29) is 5.78 Å². The van der Waals surface area contributed by atoms with E-state index in [2.05, 4.69) is 0 Å². The molecule has 0 saturated carbocycles. The van der Waals surface area contributed by atoms with Crippen LogP contribution in [0.5, 0.6) is 0 Å². The number of carbonyl (C=O) groups excluding carboxylic acids is 2. The Bertz CT molecular complexity index is 341. The van der Waals surface area contributed by atoms with Crippen LogP contribution in [0.4, 0.5) is 0 Å². The molecule has 2 nitrogen and oxygen atoms in total. The fourth-order valence-electron chi connectivity index (χ4n) is 1.20. The van der Waals surface area contributed by atoms with Crippen molar-refractivity contribution >= 4 is 12.1 Å². The molecule has 0 unspecified atom stereocenters. The highest BCUT2D eigenvalue weighted by atomic mass is 16.1. The number of ketones is 1. The first-order valence-corrected chi connectivity index (χ1v) is 6.28. The van der Waals surface area contributed by atoms with Gasteiger partial charge in [0, 0.05) is 17.5 Å². The van der Waals surface area contributed by atoms with E-state index in [0.717, 1.165) is 11.8 Å². The number of hydrogen-bond donors (Lipinski definition) is 0. The Kier molecular flexibility index (Phi) is 11.7. The minimum atomic E-state index is 0.0193. The van der Waals surface area contributed by atoms with Gasteiger partial charge >= 0.3 is 0 Å². The molecule has 0 heterocycles. The van der Waals surface area contributed by atoms with Gasteiger partial charge in [-0.15, -0.1) is 0 Å². The van der Waals surface area contributed by atoms with Crippen molar-refractivity contribution in [2.24, 2.45) is 0 Å². The van der Waals surface area contributed by atoms with Crippen LogP contribution in [0.25, 0.3) is 0 Å². The van der Waals surface area contributed by atoms with Gasteiger partial charge < -0.3 is 0 Å². The summed E-state index contributed by atoms with van der Waals surface area (Å²) in [5.41, 5.74) is 2.03. The van der Waals surface area contributed by atoms with E-state index in [1.54, 1.807) is 19.1 Å². The highest BCUT2D eigenvalue weighted by Crippen LogP contribution is 2.11. The Hall–Kier alpha value is -1.44. The molecule has 0 saturated heterocycles. The van der Waals surface area contributed by atoms with Gasteiger partial charge in [-0.2, -0.15) is 0 Å². The van der Waals surface area contributed by atoms with E-state index in [0.29, 0.717) is 17.5 Å². The Balaban J connectivity index is 0. The number of aryl methyl sites for hydroxylation is 1. The maximum absolute atomic E-state index is 11.4. The third kappa shape index (κ3) is 6.00. The largest absolute Gasteiger partial charge is 0.298 e. The van der Waals surface area contributed by atoms with Crippen LogP contribution in [0.1, 0.15) is 67.3 Å². The summed E-state index contributed by atoms with van der Waals surface area (Å²) in [6.45, 7) is 11.7. The minimum absolute atomic E-state index is 0.0193. The third-order valence-electron chi connectivity index (χ3n) is 1.96. The molecule has 0 amide bonds. The lowest BCUT2D eigenvalue weighted by atomic mass is 10.0. The fraction of sp³-hybridized carbons (Fsp3) is 0.467. The number of Topliss-reactive ketones (excluding diaryl/α,β-unsaturated/α-hetero) is 1. The lowest BCUT2D eigenvalue weighted by molar-refractivity contribution is 0.0981. The first-order valence-electron chi connectivity index (χ1n) is 6.28. The van der Waals surface area contributed by atoms with E-state index >= 15 is 0 Å². The van der Waals surface area contributed by atoms with Crippen LogP contribution in [0.15, 0.2) is 18.2 Å². The Morgan fingerprint density at radius 3 is 2.12 bits per heavy atom. The van der Waals surface area contributed by atoms with E-state index in [1.807, 2.05) is 40.7 Å². The summed E-state index contributed by atoms with van der Waals surface area (Å²) in [6, 6.07) is 5.27.